The molecule has 0 aromatic carbocycles. The van der Waals surface area contributed by atoms with Crippen molar-refractivity contribution >= 4 is 17.4 Å². The van der Waals surface area contributed by atoms with Gasteiger partial charge in [0.25, 0.3) is 0 Å². The topological polar surface area (TPSA) is 71.3 Å². The highest BCUT2D eigenvalue weighted by atomic mass is 32.1. The van der Waals surface area contributed by atoms with Gasteiger partial charge in [-0.2, -0.15) is 4.98 Å². The number of likely N-dealkylation sites (tertiary alicyclic amines) is 1. The van der Waals surface area contributed by atoms with Crippen LogP contribution in [-0.2, 0) is 5.41 Å². The van der Waals surface area contributed by atoms with Gasteiger partial charge < -0.3 is 14.7 Å². The fraction of sp³-hybridized carbons (Fsp3) is 0.588. The van der Waals surface area contributed by atoms with Crippen molar-refractivity contribution in [3.63, 3.8) is 0 Å². The van der Waals surface area contributed by atoms with E-state index < -0.39 is 0 Å². The second kappa shape index (κ2) is 6.55. The van der Waals surface area contributed by atoms with Crippen LogP contribution in [0, 0.1) is 0 Å². The summed E-state index contributed by atoms with van der Waals surface area (Å²) >= 11 is 1.70. The standard InChI is InChI=1S/C17H24N4O2S/c1-11(14-19-15(20-23-14)17(2,3)4)18-16(22)21-9-5-7-12(21)13-8-6-10-24-13/h6,8,10-12H,5,7,9H2,1-4H3,(H,18,22)/t11-,12+/m0/s1. The van der Waals surface area contributed by atoms with Crippen LogP contribution in [0.15, 0.2) is 22.0 Å². The highest BCUT2D eigenvalue weighted by Crippen LogP contribution is 2.34. The van der Waals surface area contributed by atoms with E-state index in [4.69, 9.17) is 4.52 Å². The quantitative estimate of drug-likeness (QED) is 0.909. The summed E-state index contributed by atoms with van der Waals surface area (Å²) in [4.78, 5) is 20.2. The van der Waals surface area contributed by atoms with Crippen LogP contribution in [-0.4, -0.2) is 27.6 Å². The number of nitrogens with zero attached hydrogens (tertiary/aromatic N) is 3. The van der Waals surface area contributed by atoms with Crippen molar-refractivity contribution in [2.75, 3.05) is 6.54 Å². The Morgan fingerprint density at radius 1 is 1.50 bits per heavy atom. The summed E-state index contributed by atoms with van der Waals surface area (Å²) in [5, 5.41) is 9.06. The van der Waals surface area contributed by atoms with Crippen LogP contribution in [0.1, 0.15) is 69.2 Å². The largest absolute Gasteiger partial charge is 0.337 e. The van der Waals surface area contributed by atoms with E-state index in [-0.39, 0.29) is 23.5 Å². The maximum Gasteiger partial charge on any atom is 0.318 e. The minimum Gasteiger partial charge on any atom is -0.337 e. The van der Waals surface area contributed by atoms with Gasteiger partial charge in [0, 0.05) is 16.8 Å². The first-order valence-electron chi connectivity index (χ1n) is 8.31. The van der Waals surface area contributed by atoms with E-state index >= 15 is 0 Å². The van der Waals surface area contributed by atoms with E-state index in [2.05, 4.69) is 26.9 Å². The number of carbonyl (C=O) groups excluding carboxylic acids is 1. The Kier molecular flexibility index (Phi) is 4.62. The van der Waals surface area contributed by atoms with E-state index in [1.807, 2.05) is 38.7 Å². The molecular weight excluding hydrogens is 324 g/mol. The fourth-order valence-corrected chi connectivity index (χ4v) is 3.71. The summed E-state index contributed by atoms with van der Waals surface area (Å²) in [6, 6.07) is 3.91. The highest BCUT2D eigenvalue weighted by Gasteiger charge is 2.32. The Labute approximate surface area is 146 Å². The summed E-state index contributed by atoms with van der Waals surface area (Å²) in [6.07, 6.45) is 2.04. The minimum absolute atomic E-state index is 0.0751. The second-order valence-electron chi connectivity index (χ2n) is 7.24. The van der Waals surface area contributed by atoms with Crippen LogP contribution in [0.4, 0.5) is 4.79 Å². The van der Waals surface area contributed by atoms with Crippen molar-refractivity contribution in [3.8, 4) is 0 Å². The van der Waals surface area contributed by atoms with E-state index in [1.165, 1.54) is 4.88 Å². The number of aromatic nitrogens is 2. The summed E-state index contributed by atoms with van der Waals surface area (Å²) in [5.41, 5.74) is -0.176. The molecule has 7 heteroatoms. The van der Waals surface area contributed by atoms with Crippen LogP contribution in [0.5, 0.6) is 0 Å². The third-order valence-corrected chi connectivity index (χ3v) is 5.18. The van der Waals surface area contributed by atoms with Gasteiger partial charge in [-0.25, -0.2) is 4.79 Å². The molecule has 0 radical (unpaired) electrons. The normalized spacial score (nSPS) is 19.5. The molecule has 130 valence electrons. The first-order valence-corrected chi connectivity index (χ1v) is 9.19. The predicted octanol–water partition coefficient (Wildman–Crippen LogP) is 4.04. The van der Waals surface area contributed by atoms with Gasteiger partial charge in [0.2, 0.25) is 5.89 Å². The molecule has 1 aliphatic heterocycles. The van der Waals surface area contributed by atoms with Crippen LogP contribution >= 0.6 is 11.3 Å². The van der Waals surface area contributed by atoms with Gasteiger partial charge >= 0.3 is 6.03 Å². The summed E-state index contributed by atoms with van der Waals surface area (Å²) in [7, 11) is 0. The van der Waals surface area contributed by atoms with Crippen LogP contribution in [0.25, 0.3) is 0 Å². The summed E-state index contributed by atoms with van der Waals surface area (Å²) < 4.78 is 5.32. The van der Waals surface area contributed by atoms with Crippen molar-refractivity contribution in [3.05, 3.63) is 34.1 Å². The van der Waals surface area contributed by atoms with Gasteiger partial charge in [0.1, 0.15) is 6.04 Å². The maximum absolute atomic E-state index is 12.7. The van der Waals surface area contributed by atoms with E-state index in [1.54, 1.807) is 11.3 Å². The Balaban J connectivity index is 1.67. The lowest BCUT2D eigenvalue weighted by molar-refractivity contribution is 0.187. The lowest BCUT2D eigenvalue weighted by atomic mass is 9.96. The van der Waals surface area contributed by atoms with Crippen LogP contribution < -0.4 is 5.32 Å². The molecule has 6 nitrogen and oxygen atoms in total. The number of rotatable bonds is 3. The first-order chi connectivity index (χ1) is 11.4. The zero-order valence-corrected chi connectivity index (χ0v) is 15.4. The SMILES string of the molecule is C[C@H](NC(=O)N1CCC[C@@H]1c1cccs1)c1nc(C(C)(C)C)no1. The van der Waals surface area contributed by atoms with Gasteiger partial charge in [-0.1, -0.05) is 32.0 Å². The molecule has 0 aliphatic carbocycles. The number of hydrogen-bond donors (Lipinski definition) is 1. The van der Waals surface area contributed by atoms with Crippen LogP contribution in [0.3, 0.4) is 0 Å². The Morgan fingerprint density at radius 3 is 2.92 bits per heavy atom. The maximum atomic E-state index is 12.7. The van der Waals surface area contributed by atoms with Gasteiger partial charge in [-0.05, 0) is 31.2 Å². The summed E-state index contributed by atoms with van der Waals surface area (Å²) in [5.74, 6) is 1.09. The van der Waals surface area contributed by atoms with Crippen molar-refractivity contribution < 1.29 is 9.32 Å². The number of carbonyl (C=O) groups is 1. The molecule has 2 amide bonds. The molecule has 3 rings (SSSR count). The zero-order valence-electron chi connectivity index (χ0n) is 14.6. The first kappa shape index (κ1) is 17.0. The molecule has 0 unspecified atom stereocenters. The molecule has 1 saturated heterocycles. The Morgan fingerprint density at radius 2 is 2.29 bits per heavy atom. The van der Waals surface area contributed by atoms with Gasteiger partial charge in [-0.15, -0.1) is 11.3 Å². The van der Waals surface area contributed by atoms with E-state index in [0.29, 0.717) is 11.7 Å². The Hall–Kier alpha value is -1.89. The predicted molar refractivity (Wildman–Crippen MR) is 92.9 cm³/mol. The molecule has 0 bridgehead atoms. The molecule has 2 aromatic rings. The molecule has 0 spiro atoms. The number of nitrogens with one attached hydrogen (secondary N) is 1. The van der Waals surface area contributed by atoms with Gasteiger partial charge in [0.05, 0.1) is 6.04 Å². The number of hydrogen-bond acceptors (Lipinski definition) is 5. The average molecular weight is 348 g/mol. The molecular formula is C17H24N4O2S. The third kappa shape index (κ3) is 3.45. The van der Waals surface area contributed by atoms with Crippen molar-refractivity contribution in [2.45, 2.75) is 58.0 Å². The Bertz CT molecular complexity index is 690. The fourth-order valence-electron chi connectivity index (χ4n) is 2.83. The average Bonchev–Trinajstić information content (AvgIpc) is 3.25. The molecule has 2 atom stereocenters. The molecule has 0 saturated carbocycles. The van der Waals surface area contributed by atoms with Crippen molar-refractivity contribution in [1.29, 1.82) is 0 Å². The molecule has 1 aliphatic rings. The van der Waals surface area contributed by atoms with Gasteiger partial charge in [0.15, 0.2) is 5.82 Å². The highest BCUT2D eigenvalue weighted by molar-refractivity contribution is 7.10. The second-order valence-corrected chi connectivity index (χ2v) is 8.22. The van der Waals surface area contributed by atoms with E-state index in [0.717, 1.165) is 19.4 Å². The summed E-state index contributed by atoms with van der Waals surface area (Å²) in [6.45, 7) is 8.73. The van der Waals surface area contributed by atoms with Gasteiger partial charge in [-0.3, -0.25) is 0 Å². The molecule has 1 fully saturated rings. The lowest BCUT2D eigenvalue weighted by Crippen LogP contribution is -2.40. The lowest BCUT2D eigenvalue weighted by Gasteiger charge is -2.25. The minimum atomic E-state index is -0.314. The number of amides is 2. The molecule has 1 N–H and O–H groups in total. The monoisotopic (exact) mass is 348 g/mol. The van der Waals surface area contributed by atoms with E-state index in [9.17, 15) is 4.79 Å². The van der Waals surface area contributed by atoms with Crippen LogP contribution in [0.2, 0.25) is 0 Å². The van der Waals surface area contributed by atoms with Crippen molar-refractivity contribution in [1.82, 2.24) is 20.4 Å². The smallest absolute Gasteiger partial charge is 0.318 e. The zero-order chi connectivity index (χ0) is 17.3. The third-order valence-electron chi connectivity index (χ3n) is 4.21. The molecule has 3 heterocycles. The molecule has 24 heavy (non-hydrogen) atoms. The number of thiophene rings is 1. The van der Waals surface area contributed by atoms with Crippen molar-refractivity contribution in [2.24, 2.45) is 0 Å². The molecule has 2 aromatic heterocycles. The number of urea groups is 1.